The molecule has 0 radical (unpaired) electrons. The van der Waals surface area contributed by atoms with E-state index in [4.69, 9.17) is 5.84 Å². The third kappa shape index (κ3) is 2.58. The van der Waals surface area contributed by atoms with Gasteiger partial charge in [0.25, 0.3) is 0 Å². The topological polar surface area (TPSA) is 67.1 Å². The van der Waals surface area contributed by atoms with E-state index >= 15 is 0 Å². The average Bonchev–Trinajstić information content (AvgIpc) is 2.44. The van der Waals surface area contributed by atoms with Gasteiger partial charge in [0, 0.05) is 17.8 Å². The van der Waals surface area contributed by atoms with Crippen LogP contribution in [0, 0.1) is 20.8 Å². The first kappa shape index (κ1) is 14.3. The van der Waals surface area contributed by atoms with Crippen LogP contribution in [0.25, 0.3) is 0 Å². The molecule has 5 nitrogen and oxygen atoms in total. The number of nitrogens with two attached hydrogens (primary N) is 1. The van der Waals surface area contributed by atoms with Gasteiger partial charge in [-0.1, -0.05) is 18.2 Å². The van der Waals surface area contributed by atoms with Crippen LogP contribution in [-0.2, 0) is 0 Å². The first-order chi connectivity index (χ1) is 9.58. The Balaban J connectivity index is 2.58. The highest BCUT2D eigenvalue weighted by atomic mass is 15.3. The molecule has 2 rings (SSSR count). The lowest BCUT2D eigenvalue weighted by Crippen LogP contribution is -2.22. The summed E-state index contributed by atoms with van der Waals surface area (Å²) >= 11 is 0. The third-order valence-corrected chi connectivity index (χ3v) is 3.35. The van der Waals surface area contributed by atoms with Crippen molar-refractivity contribution in [3.63, 3.8) is 0 Å². The summed E-state index contributed by atoms with van der Waals surface area (Å²) < 4.78 is 0. The fourth-order valence-corrected chi connectivity index (χ4v) is 2.32. The summed E-state index contributed by atoms with van der Waals surface area (Å²) in [7, 11) is 0. The van der Waals surface area contributed by atoms with Crippen LogP contribution in [0.5, 0.6) is 0 Å². The van der Waals surface area contributed by atoms with Crippen LogP contribution >= 0.6 is 0 Å². The maximum absolute atomic E-state index is 5.54. The zero-order valence-corrected chi connectivity index (χ0v) is 12.4. The molecule has 1 aromatic heterocycles. The minimum Gasteiger partial charge on any atom is -0.326 e. The van der Waals surface area contributed by atoms with E-state index in [9.17, 15) is 0 Å². The summed E-state index contributed by atoms with van der Waals surface area (Å²) in [5, 5.41) is 0. The van der Waals surface area contributed by atoms with E-state index in [2.05, 4.69) is 46.3 Å². The van der Waals surface area contributed by atoms with Gasteiger partial charge in [-0.15, -0.1) is 0 Å². The van der Waals surface area contributed by atoms with Crippen molar-refractivity contribution < 1.29 is 0 Å². The molecule has 0 spiro atoms. The molecule has 1 heterocycles. The van der Waals surface area contributed by atoms with Gasteiger partial charge in [0.05, 0.1) is 0 Å². The zero-order valence-electron chi connectivity index (χ0n) is 12.4. The van der Waals surface area contributed by atoms with Gasteiger partial charge in [0.1, 0.15) is 17.5 Å². The molecule has 3 N–H and O–H groups in total. The van der Waals surface area contributed by atoms with Crippen molar-refractivity contribution in [3.05, 3.63) is 41.2 Å². The van der Waals surface area contributed by atoms with Gasteiger partial charge < -0.3 is 10.3 Å². The molecule has 20 heavy (non-hydrogen) atoms. The molecule has 0 aliphatic carbocycles. The molecule has 0 fully saturated rings. The summed E-state index contributed by atoms with van der Waals surface area (Å²) in [6.45, 7) is 8.88. The van der Waals surface area contributed by atoms with Gasteiger partial charge in [0.2, 0.25) is 0 Å². The first-order valence-electron chi connectivity index (χ1n) is 6.73. The Morgan fingerprint density at radius 1 is 1.15 bits per heavy atom. The number of rotatable bonds is 4. The lowest BCUT2D eigenvalue weighted by Gasteiger charge is -2.26. The fraction of sp³-hybridized carbons (Fsp3) is 0.333. The second kappa shape index (κ2) is 5.88. The molecule has 0 unspecified atom stereocenters. The second-order valence-corrected chi connectivity index (χ2v) is 4.74. The number of hydrazine groups is 1. The Morgan fingerprint density at radius 3 is 2.45 bits per heavy atom. The van der Waals surface area contributed by atoms with Crippen molar-refractivity contribution in [1.29, 1.82) is 0 Å². The van der Waals surface area contributed by atoms with E-state index in [1.54, 1.807) is 0 Å². The highest BCUT2D eigenvalue weighted by Gasteiger charge is 2.16. The van der Waals surface area contributed by atoms with E-state index in [0.717, 1.165) is 23.6 Å². The van der Waals surface area contributed by atoms with E-state index in [1.165, 1.54) is 5.56 Å². The summed E-state index contributed by atoms with van der Waals surface area (Å²) in [5.41, 5.74) is 5.96. The van der Waals surface area contributed by atoms with E-state index in [1.807, 2.05) is 26.0 Å². The Hall–Kier alpha value is -2.14. The smallest absolute Gasteiger partial charge is 0.148 e. The third-order valence-electron chi connectivity index (χ3n) is 3.35. The summed E-state index contributed by atoms with van der Waals surface area (Å²) in [5.74, 6) is 7.80. The minimum atomic E-state index is 0.666. The number of benzene rings is 1. The number of nitrogens with one attached hydrogen (secondary N) is 1. The molecule has 0 aliphatic heterocycles. The highest BCUT2D eigenvalue weighted by molar-refractivity contribution is 5.69. The fourth-order valence-electron chi connectivity index (χ4n) is 2.32. The molecule has 5 heteroatoms. The number of nitrogen functional groups attached to an aromatic ring is 1. The molecular weight excluding hydrogens is 250 g/mol. The van der Waals surface area contributed by atoms with Gasteiger partial charge in [-0.2, -0.15) is 0 Å². The number of anilines is 3. The molecule has 0 saturated carbocycles. The van der Waals surface area contributed by atoms with Crippen LogP contribution in [0.3, 0.4) is 0 Å². The maximum atomic E-state index is 5.54. The quantitative estimate of drug-likeness (QED) is 0.661. The number of hydrogen-bond donors (Lipinski definition) is 2. The number of aromatic nitrogens is 2. The highest BCUT2D eigenvalue weighted by Crippen LogP contribution is 2.31. The molecule has 2 aromatic rings. The molecule has 1 aromatic carbocycles. The largest absolute Gasteiger partial charge is 0.326 e. The molecule has 0 bridgehead atoms. The zero-order chi connectivity index (χ0) is 14.7. The molecular formula is C15H21N5. The van der Waals surface area contributed by atoms with E-state index in [-0.39, 0.29) is 0 Å². The number of para-hydroxylation sites is 1. The summed E-state index contributed by atoms with van der Waals surface area (Å²) in [6.07, 6.45) is 0. The SMILES string of the molecule is CCN(c1ccccc1C)c1nc(C)nc(NN)c1C. The predicted molar refractivity (Wildman–Crippen MR) is 83.2 cm³/mol. The molecule has 0 saturated heterocycles. The van der Waals surface area contributed by atoms with Crippen LogP contribution < -0.4 is 16.2 Å². The normalized spacial score (nSPS) is 10.4. The predicted octanol–water partition coefficient (Wildman–Crippen LogP) is 2.85. The number of nitrogens with zero attached hydrogens (tertiary/aromatic N) is 3. The summed E-state index contributed by atoms with van der Waals surface area (Å²) in [4.78, 5) is 11.1. The van der Waals surface area contributed by atoms with Gasteiger partial charge in [-0.05, 0) is 39.3 Å². The summed E-state index contributed by atoms with van der Waals surface area (Å²) in [6, 6.07) is 8.28. The first-order valence-corrected chi connectivity index (χ1v) is 6.73. The van der Waals surface area contributed by atoms with Crippen LogP contribution in [0.15, 0.2) is 24.3 Å². The molecule has 0 amide bonds. The average molecular weight is 271 g/mol. The van der Waals surface area contributed by atoms with Gasteiger partial charge >= 0.3 is 0 Å². The molecule has 0 aliphatic rings. The minimum absolute atomic E-state index is 0.666. The van der Waals surface area contributed by atoms with Crippen molar-refractivity contribution in [2.45, 2.75) is 27.7 Å². The van der Waals surface area contributed by atoms with Crippen LogP contribution in [0.4, 0.5) is 17.3 Å². The number of aryl methyl sites for hydroxylation is 2. The Bertz CT molecular complexity index is 609. The standard InChI is InChI=1S/C15H21N5/c1-5-20(13-9-7-6-8-10(13)2)15-11(3)14(19-16)17-12(4)18-15/h6-9H,5,16H2,1-4H3,(H,17,18,19). The van der Waals surface area contributed by atoms with Gasteiger partial charge in [-0.25, -0.2) is 15.8 Å². The van der Waals surface area contributed by atoms with Crippen molar-refractivity contribution >= 4 is 17.3 Å². The van der Waals surface area contributed by atoms with Crippen LogP contribution in [0.2, 0.25) is 0 Å². The Labute approximate surface area is 119 Å². The Morgan fingerprint density at radius 2 is 1.85 bits per heavy atom. The Kier molecular flexibility index (Phi) is 4.20. The lowest BCUT2D eigenvalue weighted by atomic mass is 10.1. The number of hydrogen-bond acceptors (Lipinski definition) is 5. The van der Waals surface area contributed by atoms with E-state index in [0.29, 0.717) is 11.6 Å². The van der Waals surface area contributed by atoms with Crippen molar-refractivity contribution in [3.8, 4) is 0 Å². The van der Waals surface area contributed by atoms with Gasteiger partial charge in [-0.3, -0.25) is 0 Å². The van der Waals surface area contributed by atoms with Crippen molar-refractivity contribution in [2.75, 3.05) is 16.9 Å². The van der Waals surface area contributed by atoms with Crippen molar-refractivity contribution in [2.24, 2.45) is 5.84 Å². The second-order valence-electron chi connectivity index (χ2n) is 4.74. The van der Waals surface area contributed by atoms with Crippen LogP contribution in [-0.4, -0.2) is 16.5 Å². The monoisotopic (exact) mass is 271 g/mol. The lowest BCUT2D eigenvalue weighted by molar-refractivity contribution is 0.931. The van der Waals surface area contributed by atoms with E-state index < -0.39 is 0 Å². The molecule has 0 atom stereocenters. The molecule has 106 valence electrons. The van der Waals surface area contributed by atoms with Crippen LogP contribution in [0.1, 0.15) is 23.9 Å². The van der Waals surface area contributed by atoms with Crippen molar-refractivity contribution in [1.82, 2.24) is 9.97 Å². The van der Waals surface area contributed by atoms with Gasteiger partial charge in [0.15, 0.2) is 0 Å². The maximum Gasteiger partial charge on any atom is 0.148 e.